The number of likely N-dealkylation sites (tertiary alicyclic amines) is 1. The number of carbonyl (C=O) groups excluding carboxylic acids is 4. The van der Waals surface area contributed by atoms with Crippen molar-refractivity contribution >= 4 is 35.3 Å². The summed E-state index contributed by atoms with van der Waals surface area (Å²) in [6.45, 7) is 2.33. The zero-order valence-electron chi connectivity index (χ0n) is 19.0. The lowest BCUT2D eigenvalue weighted by molar-refractivity contribution is -0.243. The van der Waals surface area contributed by atoms with Gasteiger partial charge in [-0.1, -0.05) is 0 Å². The summed E-state index contributed by atoms with van der Waals surface area (Å²) >= 11 is 1.18. The molecule has 2 rings (SSSR count). The predicted octanol–water partition coefficient (Wildman–Crippen LogP) is -2.58. The lowest BCUT2D eigenvalue weighted by atomic mass is 9.87. The van der Waals surface area contributed by atoms with Crippen molar-refractivity contribution in [2.24, 2.45) is 5.73 Å². The Balaban J connectivity index is 1.87. The molecule has 6 atom stereocenters. The molecular weight excluding hydrogens is 458 g/mol. The van der Waals surface area contributed by atoms with E-state index in [2.05, 4.69) is 5.32 Å². The van der Waals surface area contributed by atoms with Crippen molar-refractivity contribution in [1.82, 2.24) is 10.2 Å². The van der Waals surface area contributed by atoms with E-state index in [-0.39, 0.29) is 68.7 Å². The van der Waals surface area contributed by atoms with Crippen molar-refractivity contribution in [2.75, 3.05) is 45.8 Å². The zero-order chi connectivity index (χ0) is 24.8. The van der Waals surface area contributed by atoms with Crippen molar-refractivity contribution in [3.05, 3.63) is 0 Å². The second-order valence-corrected chi connectivity index (χ2v) is 9.47. The molecule has 2 saturated heterocycles. The number of imide groups is 1. The molecule has 2 fully saturated rings. The summed E-state index contributed by atoms with van der Waals surface area (Å²) in [5.41, 5.74) is 4.30. The van der Waals surface area contributed by atoms with Crippen LogP contribution >= 0.6 is 11.8 Å². The third-order valence-electron chi connectivity index (χ3n) is 5.61. The minimum atomic E-state index is -1.41. The molecule has 0 radical (unpaired) electrons. The number of nitrogens with zero attached hydrogens (tertiary/aromatic N) is 1. The molecule has 0 aromatic carbocycles. The van der Waals surface area contributed by atoms with E-state index >= 15 is 0 Å². The first-order valence-corrected chi connectivity index (χ1v) is 11.6. The van der Waals surface area contributed by atoms with Crippen LogP contribution in [-0.4, -0.2) is 120 Å². The molecule has 2 aliphatic rings. The molecule has 0 spiro atoms. The molecule has 12 nitrogen and oxygen atoms in total. The number of hydrogen-bond acceptors (Lipinski definition) is 11. The van der Waals surface area contributed by atoms with Gasteiger partial charge in [0, 0.05) is 26.2 Å². The highest BCUT2D eigenvalue weighted by Gasteiger charge is 2.50. The SMILES string of the molecule is COC[C@]1(COCCN2C(=O)CC(SC[C@H](N)C(C)=O)C2=O)OC[C@@H](NC(C)=O)[C@@H](O)[C@H]1O. The third kappa shape index (κ3) is 6.94. The van der Waals surface area contributed by atoms with Crippen LogP contribution in [0, 0.1) is 0 Å². The van der Waals surface area contributed by atoms with Crippen molar-refractivity contribution in [3.63, 3.8) is 0 Å². The van der Waals surface area contributed by atoms with Crippen LogP contribution in [-0.2, 0) is 33.4 Å². The molecule has 13 heteroatoms. The second kappa shape index (κ2) is 12.2. The molecule has 2 heterocycles. The number of ketones is 1. The number of rotatable bonds is 12. The molecule has 0 bridgehead atoms. The highest BCUT2D eigenvalue weighted by molar-refractivity contribution is 8.00. The predicted molar refractivity (Wildman–Crippen MR) is 117 cm³/mol. The molecule has 0 aromatic heterocycles. The molecule has 0 aromatic rings. The maximum Gasteiger partial charge on any atom is 0.242 e. The van der Waals surface area contributed by atoms with E-state index in [1.807, 2.05) is 0 Å². The molecular formula is C20H33N3O9S. The standard InChI is InChI=1S/C20H33N3O9S/c1-11(24)13(21)8-33-15-6-16(26)23(19(15)29)4-5-31-10-20(9-30-3)18(28)17(27)14(7-32-20)22-12(2)25/h13-15,17-18,27-28H,4-10,21H2,1-3H3,(H,22,25)/t13-,14+,15?,17+,18+,20+/m0/s1. The van der Waals surface area contributed by atoms with Gasteiger partial charge in [-0.3, -0.25) is 24.1 Å². The van der Waals surface area contributed by atoms with Gasteiger partial charge in [-0.2, -0.15) is 0 Å². The van der Waals surface area contributed by atoms with E-state index in [1.165, 1.54) is 32.7 Å². The number of aliphatic hydroxyl groups excluding tert-OH is 2. The molecule has 33 heavy (non-hydrogen) atoms. The van der Waals surface area contributed by atoms with Crippen molar-refractivity contribution < 1.29 is 43.6 Å². The van der Waals surface area contributed by atoms with E-state index in [1.54, 1.807) is 0 Å². The largest absolute Gasteiger partial charge is 0.388 e. The average molecular weight is 492 g/mol. The van der Waals surface area contributed by atoms with Crippen LogP contribution in [0.3, 0.4) is 0 Å². The van der Waals surface area contributed by atoms with Gasteiger partial charge in [0.2, 0.25) is 17.7 Å². The Hall–Kier alpha value is -1.61. The summed E-state index contributed by atoms with van der Waals surface area (Å²) in [4.78, 5) is 48.4. The van der Waals surface area contributed by atoms with Gasteiger partial charge in [-0.15, -0.1) is 11.8 Å². The summed E-state index contributed by atoms with van der Waals surface area (Å²) < 4.78 is 16.5. The monoisotopic (exact) mass is 491 g/mol. The van der Waals surface area contributed by atoms with E-state index in [0.29, 0.717) is 0 Å². The lowest BCUT2D eigenvalue weighted by Crippen LogP contribution is -2.67. The van der Waals surface area contributed by atoms with Crippen molar-refractivity contribution in [3.8, 4) is 0 Å². The average Bonchev–Trinajstić information content (AvgIpc) is 3.02. The smallest absolute Gasteiger partial charge is 0.242 e. The Morgan fingerprint density at radius 3 is 2.64 bits per heavy atom. The van der Waals surface area contributed by atoms with Gasteiger partial charge in [0.15, 0.2) is 0 Å². The van der Waals surface area contributed by atoms with E-state index in [9.17, 15) is 29.4 Å². The number of methoxy groups -OCH3 is 1. The lowest BCUT2D eigenvalue weighted by Gasteiger charge is -2.46. The van der Waals surface area contributed by atoms with Gasteiger partial charge >= 0.3 is 0 Å². The maximum absolute atomic E-state index is 12.5. The third-order valence-corrected chi connectivity index (χ3v) is 6.93. The van der Waals surface area contributed by atoms with Crippen molar-refractivity contribution in [2.45, 2.75) is 55.4 Å². The molecule has 0 saturated carbocycles. The number of ether oxygens (including phenoxy) is 3. The minimum absolute atomic E-state index is 0.00369. The molecule has 2 aliphatic heterocycles. The van der Waals surface area contributed by atoms with Crippen LogP contribution < -0.4 is 11.1 Å². The van der Waals surface area contributed by atoms with Gasteiger partial charge in [0.05, 0.1) is 50.3 Å². The Labute approximate surface area is 196 Å². The van der Waals surface area contributed by atoms with Crippen LogP contribution in [0.4, 0.5) is 0 Å². The Bertz CT molecular complexity index is 740. The summed E-state index contributed by atoms with van der Waals surface area (Å²) in [6.07, 6.45) is -2.69. The fraction of sp³-hybridized carbons (Fsp3) is 0.800. The second-order valence-electron chi connectivity index (χ2n) is 8.23. The molecule has 3 amide bonds. The summed E-state index contributed by atoms with van der Waals surface area (Å²) in [6, 6.07) is -1.47. The van der Waals surface area contributed by atoms with E-state index < -0.39 is 35.1 Å². The fourth-order valence-electron chi connectivity index (χ4n) is 3.66. The Morgan fingerprint density at radius 2 is 2.03 bits per heavy atom. The summed E-state index contributed by atoms with van der Waals surface area (Å²) in [7, 11) is 1.40. The van der Waals surface area contributed by atoms with Gasteiger partial charge in [-0.05, 0) is 6.92 Å². The number of nitrogens with two attached hydrogens (primary N) is 1. The number of carbonyl (C=O) groups is 4. The van der Waals surface area contributed by atoms with Crippen LogP contribution in [0.15, 0.2) is 0 Å². The topological polar surface area (TPSA) is 178 Å². The van der Waals surface area contributed by atoms with E-state index in [4.69, 9.17) is 19.9 Å². The summed E-state index contributed by atoms with van der Waals surface area (Å²) in [5.74, 6) is -1.01. The first-order chi connectivity index (χ1) is 15.5. The molecule has 1 unspecified atom stereocenters. The number of hydrogen-bond donors (Lipinski definition) is 4. The van der Waals surface area contributed by atoms with Gasteiger partial charge < -0.3 is 35.5 Å². The molecule has 0 aliphatic carbocycles. The van der Waals surface area contributed by atoms with Gasteiger partial charge in [-0.25, -0.2) is 0 Å². The highest BCUT2D eigenvalue weighted by atomic mass is 32.2. The van der Waals surface area contributed by atoms with Crippen molar-refractivity contribution in [1.29, 1.82) is 0 Å². The minimum Gasteiger partial charge on any atom is -0.388 e. The van der Waals surface area contributed by atoms with Gasteiger partial charge in [0.1, 0.15) is 23.6 Å². The van der Waals surface area contributed by atoms with Crippen LogP contribution in [0.5, 0.6) is 0 Å². The number of thioether (sulfide) groups is 1. The molecule has 5 N–H and O–H groups in total. The zero-order valence-corrected chi connectivity index (χ0v) is 19.8. The first-order valence-electron chi connectivity index (χ1n) is 10.6. The number of amides is 3. The summed E-state index contributed by atoms with van der Waals surface area (Å²) in [5, 5.41) is 23.0. The number of Topliss-reactive ketones (excluding diaryl/α,β-unsaturated/α-hetero) is 1. The Kier molecular flexibility index (Phi) is 10.2. The number of nitrogens with one attached hydrogen (secondary N) is 1. The number of aliphatic hydroxyl groups is 2. The van der Waals surface area contributed by atoms with Crippen LogP contribution in [0.1, 0.15) is 20.3 Å². The van der Waals surface area contributed by atoms with Crippen LogP contribution in [0.2, 0.25) is 0 Å². The molecule has 188 valence electrons. The highest BCUT2D eigenvalue weighted by Crippen LogP contribution is 2.28. The van der Waals surface area contributed by atoms with Gasteiger partial charge in [0.25, 0.3) is 0 Å². The first kappa shape index (κ1) is 27.6. The fourth-order valence-corrected chi connectivity index (χ4v) is 4.86. The Morgan fingerprint density at radius 1 is 1.33 bits per heavy atom. The van der Waals surface area contributed by atoms with E-state index in [0.717, 1.165) is 4.90 Å². The van der Waals surface area contributed by atoms with Crippen LogP contribution in [0.25, 0.3) is 0 Å². The quantitative estimate of drug-likeness (QED) is 0.166. The maximum atomic E-state index is 12.5. The normalized spacial score (nSPS) is 31.0.